The van der Waals surface area contributed by atoms with Crippen molar-refractivity contribution < 1.29 is 14.3 Å². The van der Waals surface area contributed by atoms with Crippen LogP contribution >= 0.6 is 0 Å². The SMILES string of the molecule is CCCn1c(=O)n(CCC(=O)OCC(=O)NC2CCCC2)c2ccccc21. The lowest BCUT2D eigenvalue weighted by Gasteiger charge is -2.12. The minimum Gasteiger partial charge on any atom is -0.456 e. The van der Waals surface area contributed by atoms with Crippen LogP contribution in [-0.4, -0.2) is 33.7 Å². The highest BCUT2D eigenvalue weighted by Crippen LogP contribution is 2.17. The van der Waals surface area contributed by atoms with Crippen LogP contribution in [0.2, 0.25) is 0 Å². The van der Waals surface area contributed by atoms with E-state index in [1.807, 2.05) is 31.2 Å². The average Bonchev–Trinajstić information content (AvgIpc) is 3.26. The first kappa shape index (κ1) is 19.2. The Hall–Kier alpha value is -2.57. The molecule has 7 nitrogen and oxygen atoms in total. The fourth-order valence-corrected chi connectivity index (χ4v) is 3.69. The molecule has 146 valence electrons. The Morgan fingerprint density at radius 3 is 2.37 bits per heavy atom. The summed E-state index contributed by atoms with van der Waals surface area (Å²) < 4.78 is 8.40. The Morgan fingerprint density at radius 2 is 1.74 bits per heavy atom. The van der Waals surface area contributed by atoms with Crippen molar-refractivity contribution in [3.05, 3.63) is 34.7 Å². The third kappa shape index (κ3) is 4.59. The van der Waals surface area contributed by atoms with E-state index in [1.54, 1.807) is 9.13 Å². The quantitative estimate of drug-likeness (QED) is 0.719. The van der Waals surface area contributed by atoms with E-state index in [1.165, 1.54) is 0 Å². The van der Waals surface area contributed by atoms with Crippen LogP contribution in [0.25, 0.3) is 11.0 Å². The van der Waals surface area contributed by atoms with E-state index >= 15 is 0 Å². The van der Waals surface area contributed by atoms with Crippen LogP contribution in [0.5, 0.6) is 0 Å². The van der Waals surface area contributed by atoms with Crippen LogP contribution < -0.4 is 11.0 Å². The van der Waals surface area contributed by atoms with E-state index in [4.69, 9.17) is 4.74 Å². The number of fused-ring (bicyclic) bond motifs is 1. The number of hydrogen-bond acceptors (Lipinski definition) is 4. The molecule has 1 aliphatic carbocycles. The van der Waals surface area contributed by atoms with E-state index in [9.17, 15) is 14.4 Å². The van der Waals surface area contributed by atoms with Crippen LogP contribution in [0.15, 0.2) is 29.1 Å². The van der Waals surface area contributed by atoms with Gasteiger partial charge in [0, 0.05) is 19.1 Å². The zero-order valence-corrected chi connectivity index (χ0v) is 15.8. The molecule has 1 aliphatic rings. The molecule has 0 spiro atoms. The van der Waals surface area contributed by atoms with Gasteiger partial charge in [-0.3, -0.25) is 18.7 Å². The molecule has 0 unspecified atom stereocenters. The highest BCUT2D eigenvalue weighted by molar-refractivity contribution is 5.81. The maximum absolute atomic E-state index is 12.7. The fourth-order valence-electron chi connectivity index (χ4n) is 3.69. The van der Waals surface area contributed by atoms with E-state index in [0.29, 0.717) is 6.54 Å². The zero-order chi connectivity index (χ0) is 19.2. The highest BCUT2D eigenvalue weighted by Gasteiger charge is 2.18. The number of hydrogen-bond donors (Lipinski definition) is 1. The lowest BCUT2D eigenvalue weighted by atomic mass is 10.2. The van der Waals surface area contributed by atoms with Crippen molar-refractivity contribution in [3.63, 3.8) is 0 Å². The Bertz CT molecular complexity index is 862. The summed E-state index contributed by atoms with van der Waals surface area (Å²) >= 11 is 0. The molecule has 1 aromatic heterocycles. The number of carbonyl (C=O) groups is 2. The Kier molecular flexibility index (Phi) is 6.32. The topological polar surface area (TPSA) is 82.3 Å². The molecule has 0 bridgehead atoms. The molecule has 0 atom stereocenters. The van der Waals surface area contributed by atoms with Crippen molar-refractivity contribution in [1.29, 1.82) is 0 Å². The van der Waals surface area contributed by atoms with Crippen molar-refractivity contribution in [2.45, 2.75) is 64.6 Å². The summed E-state index contributed by atoms with van der Waals surface area (Å²) in [7, 11) is 0. The number of esters is 1. The zero-order valence-electron chi connectivity index (χ0n) is 15.8. The van der Waals surface area contributed by atoms with Gasteiger partial charge in [-0.25, -0.2) is 4.79 Å². The van der Waals surface area contributed by atoms with Crippen LogP contribution in [0.4, 0.5) is 0 Å². The number of amides is 1. The number of carbonyl (C=O) groups excluding carboxylic acids is 2. The van der Waals surface area contributed by atoms with E-state index in [0.717, 1.165) is 43.1 Å². The second-order valence-electron chi connectivity index (χ2n) is 7.03. The monoisotopic (exact) mass is 373 g/mol. The molecule has 0 radical (unpaired) electrons. The molecular formula is C20H27N3O4. The number of nitrogens with one attached hydrogen (secondary N) is 1. The minimum atomic E-state index is -0.476. The third-order valence-corrected chi connectivity index (χ3v) is 5.00. The molecule has 1 heterocycles. The molecule has 1 amide bonds. The molecule has 27 heavy (non-hydrogen) atoms. The van der Waals surface area contributed by atoms with E-state index in [2.05, 4.69) is 5.32 Å². The maximum atomic E-state index is 12.7. The first-order valence-corrected chi connectivity index (χ1v) is 9.73. The summed E-state index contributed by atoms with van der Waals surface area (Å²) in [6.07, 6.45) is 5.15. The third-order valence-electron chi connectivity index (χ3n) is 5.00. The van der Waals surface area contributed by atoms with Gasteiger partial charge in [0.2, 0.25) is 0 Å². The molecule has 3 rings (SSSR count). The van der Waals surface area contributed by atoms with Gasteiger partial charge < -0.3 is 10.1 Å². The first-order valence-electron chi connectivity index (χ1n) is 9.73. The van der Waals surface area contributed by atoms with Gasteiger partial charge in [0.25, 0.3) is 5.91 Å². The summed E-state index contributed by atoms with van der Waals surface area (Å²) in [5.74, 6) is -0.734. The van der Waals surface area contributed by atoms with Gasteiger partial charge in [0.15, 0.2) is 6.61 Å². The number of nitrogens with zero attached hydrogens (tertiary/aromatic N) is 2. The van der Waals surface area contributed by atoms with Crippen LogP contribution in [-0.2, 0) is 27.4 Å². The predicted molar refractivity (Wildman–Crippen MR) is 102 cm³/mol. The molecule has 7 heteroatoms. The fraction of sp³-hybridized carbons (Fsp3) is 0.550. The van der Waals surface area contributed by atoms with E-state index < -0.39 is 5.97 Å². The number of aryl methyl sites for hydroxylation is 2. The average molecular weight is 373 g/mol. The molecule has 1 aromatic carbocycles. The number of benzene rings is 1. The predicted octanol–water partition coefficient (Wildman–Crippen LogP) is 2.21. The smallest absolute Gasteiger partial charge is 0.329 e. The number of ether oxygens (including phenoxy) is 1. The molecule has 1 N–H and O–H groups in total. The number of aromatic nitrogens is 2. The van der Waals surface area contributed by atoms with Crippen molar-refractivity contribution >= 4 is 22.9 Å². The van der Waals surface area contributed by atoms with Crippen molar-refractivity contribution in [3.8, 4) is 0 Å². The Morgan fingerprint density at radius 1 is 1.11 bits per heavy atom. The standard InChI is InChI=1S/C20H27N3O4/c1-2-12-22-16-9-5-6-10-17(16)23(20(22)26)13-11-19(25)27-14-18(24)21-15-7-3-4-8-15/h5-6,9-10,15H,2-4,7-8,11-14H2,1H3,(H,21,24). The summed E-state index contributed by atoms with van der Waals surface area (Å²) in [6, 6.07) is 7.77. The molecule has 1 saturated carbocycles. The lowest BCUT2D eigenvalue weighted by molar-refractivity contribution is -0.148. The van der Waals surface area contributed by atoms with Gasteiger partial charge in [-0.15, -0.1) is 0 Å². The first-order chi connectivity index (χ1) is 13.1. The Balaban J connectivity index is 1.56. The molecular weight excluding hydrogens is 346 g/mol. The molecule has 0 aliphatic heterocycles. The lowest BCUT2D eigenvalue weighted by Crippen LogP contribution is -2.36. The van der Waals surface area contributed by atoms with Crippen molar-refractivity contribution in [2.75, 3.05) is 6.61 Å². The second-order valence-corrected chi connectivity index (χ2v) is 7.03. The Labute approximate surface area is 158 Å². The summed E-state index contributed by atoms with van der Waals surface area (Å²) in [5, 5.41) is 2.88. The van der Waals surface area contributed by atoms with Crippen LogP contribution in [0.1, 0.15) is 45.4 Å². The number of imidazole rings is 1. The largest absolute Gasteiger partial charge is 0.456 e. The van der Waals surface area contributed by atoms with Crippen LogP contribution in [0.3, 0.4) is 0 Å². The van der Waals surface area contributed by atoms with Gasteiger partial charge in [-0.1, -0.05) is 31.9 Å². The van der Waals surface area contributed by atoms with Crippen molar-refractivity contribution in [1.82, 2.24) is 14.5 Å². The number of rotatable bonds is 8. The van der Waals surface area contributed by atoms with Gasteiger partial charge in [-0.2, -0.15) is 0 Å². The van der Waals surface area contributed by atoms with Gasteiger partial charge >= 0.3 is 11.7 Å². The normalized spacial score (nSPS) is 14.6. The highest BCUT2D eigenvalue weighted by atomic mass is 16.5. The van der Waals surface area contributed by atoms with E-state index in [-0.39, 0.29) is 37.2 Å². The van der Waals surface area contributed by atoms with Gasteiger partial charge in [-0.05, 0) is 31.4 Å². The summed E-state index contributed by atoms with van der Waals surface area (Å²) in [6.45, 7) is 2.63. The summed E-state index contributed by atoms with van der Waals surface area (Å²) in [4.78, 5) is 36.5. The van der Waals surface area contributed by atoms with Crippen molar-refractivity contribution in [2.24, 2.45) is 0 Å². The maximum Gasteiger partial charge on any atom is 0.329 e. The number of para-hydroxylation sites is 2. The molecule has 1 fully saturated rings. The summed E-state index contributed by atoms with van der Waals surface area (Å²) in [5.41, 5.74) is 1.56. The molecule has 2 aromatic rings. The van der Waals surface area contributed by atoms with Gasteiger partial charge in [0.1, 0.15) is 0 Å². The second kappa shape index (κ2) is 8.88. The van der Waals surface area contributed by atoms with Crippen LogP contribution in [0, 0.1) is 0 Å². The minimum absolute atomic E-state index is 0.0523. The molecule has 0 saturated heterocycles. The van der Waals surface area contributed by atoms with Gasteiger partial charge in [0.05, 0.1) is 17.5 Å².